The van der Waals surface area contributed by atoms with E-state index in [-0.39, 0.29) is 5.56 Å². The summed E-state index contributed by atoms with van der Waals surface area (Å²) >= 11 is 5.10. The Bertz CT molecular complexity index is 436. The van der Waals surface area contributed by atoms with E-state index in [1.807, 2.05) is 4.57 Å². The summed E-state index contributed by atoms with van der Waals surface area (Å²) in [5, 5.41) is 0. The van der Waals surface area contributed by atoms with Crippen LogP contribution in [0.25, 0.3) is 0 Å². The minimum absolute atomic E-state index is 0.118. The molecule has 3 nitrogen and oxygen atoms in total. The van der Waals surface area contributed by atoms with E-state index in [9.17, 15) is 4.79 Å². The highest BCUT2D eigenvalue weighted by Crippen LogP contribution is 2.08. The summed E-state index contributed by atoms with van der Waals surface area (Å²) in [6, 6.07) is 1.53. The van der Waals surface area contributed by atoms with Crippen molar-refractivity contribution in [3.8, 4) is 0 Å². The molecule has 0 amide bonds. The van der Waals surface area contributed by atoms with Crippen molar-refractivity contribution in [2.45, 2.75) is 64.8 Å². The second-order valence-electron chi connectivity index (χ2n) is 4.78. The smallest absolute Gasteiger partial charge is 0.251 e. The zero-order chi connectivity index (χ0) is 13.2. The Morgan fingerprint density at radius 1 is 1.11 bits per heavy atom. The second-order valence-corrected chi connectivity index (χ2v) is 5.17. The van der Waals surface area contributed by atoms with Crippen LogP contribution in [0.1, 0.15) is 58.3 Å². The molecule has 0 fully saturated rings. The Kier molecular flexibility index (Phi) is 7.65. The van der Waals surface area contributed by atoms with Gasteiger partial charge in [0.05, 0.1) is 0 Å². The van der Waals surface area contributed by atoms with Gasteiger partial charge in [-0.15, -0.1) is 0 Å². The van der Waals surface area contributed by atoms with Crippen LogP contribution < -0.4 is 5.56 Å². The minimum atomic E-state index is -0.118. The highest BCUT2D eigenvalue weighted by Gasteiger charge is 1.94. The number of rotatable bonds is 9. The van der Waals surface area contributed by atoms with Crippen molar-refractivity contribution in [2.24, 2.45) is 0 Å². The monoisotopic (exact) mass is 268 g/mol. The lowest BCUT2D eigenvalue weighted by Crippen LogP contribution is -2.11. The number of nitrogens with zero attached hydrogens (tertiary/aromatic N) is 1. The average Bonchev–Trinajstić information content (AvgIpc) is 2.35. The molecule has 0 radical (unpaired) electrons. The van der Waals surface area contributed by atoms with E-state index < -0.39 is 0 Å². The number of unbranched alkanes of at least 4 members (excludes halogenated alkanes) is 7. The van der Waals surface area contributed by atoms with Crippen LogP contribution in [0.5, 0.6) is 0 Å². The standard InChI is InChI=1S/C14H24N2OS/c1-2-3-4-5-6-7-8-9-11-16-12-10-13(17)15-14(16)18/h10,12H,2-9,11H2,1H3,(H,15,17,18). The van der Waals surface area contributed by atoms with E-state index in [4.69, 9.17) is 12.2 Å². The molecule has 0 aliphatic heterocycles. The first-order valence-corrected chi connectivity index (χ1v) is 7.44. The predicted molar refractivity (Wildman–Crippen MR) is 78.5 cm³/mol. The summed E-state index contributed by atoms with van der Waals surface area (Å²) in [5.74, 6) is 0. The molecule has 0 unspecified atom stereocenters. The third kappa shape index (κ3) is 6.15. The summed E-state index contributed by atoms with van der Waals surface area (Å²) in [4.78, 5) is 13.6. The minimum Gasteiger partial charge on any atom is -0.325 e. The first-order chi connectivity index (χ1) is 8.74. The number of aromatic nitrogens is 2. The molecule has 0 bridgehead atoms. The molecule has 102 valence electrons. The summed E-state index contributed by atoms with van der Waals surface area (Å²) in [5.41, 5.74) is -0.118. The molecule has 1 aromatic heterocycles. The first-order valence-electron chi connectivity index (χ1n) is 7.04. The second kappa shape index (κ2) is 9.09. The van der Waals surface area contributed by atoms with Gasteiger partial charge >= 0.3 is 0 Å². The quantitative estimate of drug-likeness (QED) is 0.542. The van der Waals surface area contributed by atoms with Gasteiger partial charge in [-0.05, 0) is 18.6 Å². The van der Waals surface area contributed by atoms with Gasteiger partial charge in [0.1, 0.15) is 0 Å². The lowest BCUT2D eigenvalue weighted by molar-refractivity contribution is 0.537. The maximum Gasteiger partial charge on any atom is 0.251 e. The van der Waals surface area contributed by atoms with Gasteiger partial charge in [0.15, 0.2) is 4.77 Å². The van der Waals surface area contributed by atoms with E-state index in [1.165, 1.54) is 51.0 Å². The van der Waals surface area contributed by atoms with E-state index in [0.717, 1.165) is 13.0 Å². The van der Waals surface area contributed by atoms with Crippen molar-refractivity contribution in [1.82, 2.24) is 9.55 Å². The summed E-state index contributed by atoms with van der Waals surface area (Å²) in [6.07, 6.45) is 12.2. The molecule has 4 heteroatoms. The fourth-order valence-electron chi connectivity index (χ4n) is 2.04. The highest BCUT2D eigenvalue weighted by molar-refractivity contribution is 7.71. The van der Waals surface area contributed by atoms with Gasteiger partial charge in [0.2, 0.25) is 0 Å². The predicted octanol–water partition coefficient (Wildman–Crippen LogP) is 4.05. The van der Waals surface area contributed by atoms with Gasteiger partial charge in [-0.1, -0.05) is 51.9 Å². The van der Waals surface area contributed by atoms with Crippen molar-refractivity contribution in [3.63, 3.8) is 0 Å². The lowest BCUT2D eigenvalue weighted by atomic mass is 10.1. The Morgan fingerprint density at radius 3 is 2.33 bits per heavy atom. The van der Waals surface area contributed by atoms with Crippen LogP contribution in [-0.4, -0.2) is 9.55 Å². The molecule has 0 spiro atoms. The van der Waals surface area contributed by atoms with Gasteiger partial charge < -0.3 is 4.57 Å². The number of nitrogens with one attached hydrogen (secondary N) is 1. The topological polar surface area (TPSA) is 37.8 Å². The molecular formula is C14H24N2OS. The fourth-order valence-corrected chi connectivity index (χ4v) is 2.29. The zero-order valence-electron chi connectivity index (χ0n) is 11.3. The van der Waals surface area contributed by atoms with Gasteiger partial charge in [0, 0.05) is 18.8 Å². The molecule has 0 aliphatic rings. The zero-order valence-corrected chi connectivity index (χ0v) is 12.1. The van der Waals surface area contributed by atoms with Crippen LogP contribution in [0, 0.1) is 4.77 Å². The molecule has 0 saturated heterocycles. The van der Waals surface area contributed by atoms with Gasteiger partial charge in [0.25, 0.3) is 5.56 Å². The van der Waals surface area contributed by atoms with Crippen LogP contribution in [0.3, 0.4) is 0 Å². The lowest BCUT2D eigenvalue weighted by Gasteiger charge is -2.05. The molecule has 1 N–H and O–H groups in total. The Labute approximate surface area is 114 Å². The Balaban J connectivity index is 2.11. The Morgan fingerprint density at radius 2 is 1.72 bits per heavy atom. The van der Waals surface area contributed by atoms with Crippen molar-refractivity contribution in [2.75, 3.05) is 0 Å². The molecule has 1 rings (SSSR count). The SMILES string of the molecule is CCCCCCCCCCn1ccc(=O)[nH]c1=S. The number of aryl methyl sites for hydroxylation is 1. The Hall–Kier alpha value is -0.900. The first kappa shape index (κ1) is 15.2. The molecule has 0 saturated carbocycles. The summed E-state index contributed by atoms with van der Waals surface area (Å²) in [7, 11) is 0. The molecule has 0 atom stereocenters. The fraction of sp³-hybridized carbons (Fsp3) is 0.714. The number of hydrogen-bond donors (Lipinski definition) is 1. The van der Waals surface area contributed by atoms with Gasteiger partial charge in [-0.2, -0.15) is 0 Å². The van der Waals surface area contributed by atoms with Crippen molar-refractivity contribution in [1.29, 1.82) is 0 Å². The molecule has 0 aromatic carbocycles. The molecule has 18 heavy (non-hydrogen) atoms. The third-order valence-electron chi connectivity index (χ3n) is 3.15. The van der Waals surface area contributed by atoms with Crippen molar-refractivity contribution in [3.05, 3.63) is 27.4 Å². The van der Waals surface area contributed by atoms with Gasteiger partial charge in [-0.3, -0.25) is 9.78 Å². The van der Waals surface area contributed by atoms with Gasteiger partial charge in [-0.25, -0.2) is 0 Å². The normalized spacial score (nSPS) is 10.7. The molecule has 0 aliphatic carbocycles. The molecular weight excluding hydrogens is 244 g/mol. The van der Waals surface area contributed by atoms with Crippen LogP contribution >= 0.6 is 12.2 Å². The highest BCUT2D eigenvalue weighted by atomic mass is 32.1. The summed E-state index contributed by atoms with van der Waals surface area (Å²) < 4.78 is 2.47. The maximum atomic E-state index is 11.0. The summed E-state index contributed by atoms with van der Waals surface area (Å²) in [6.45, 7) is 3.15. The van der Waals surface area contributed by atoms with E-state index in [0.29, 0.717) is 4.77 Å². The average molecular weight is 268 g/mol. The van der Waals surface area contributed by atoms with Crippen LogP contribution in [-0.2, 0) is 6.54 Å². The van der Waals surface area contributed by atoms with Crippen LogP contribution in [0.2, 0.25) is 0 Å². The van der Waals surface area contributed by atoms with Crippen LogP contribution in [0.15, 0.2) is 17.1 Å². The number of hydrogen-bond acceptors (Lipinski definition) is 2. The molecule has 1 aromatic rings. The third-order valence-corrected chi connectivity index (χ3v) is 3.49. The maximum absolute atomic E-state index is 11.0. The van der Waals surface area contributed by atoms with E-state index >= 15 is 0 Å². The van der Waals surface area contributed by atoms with Crippen molar-refractivity contribution < 1.29 is 0 Å². The number of aromatic amines is 1. The van der Waals surface area contributed by atoms with E-state index in [1.54, 1.807) is 6.20 Å². The van der Waals surface area contributed by atoms with Crippen LogP contribution in [0.4, 0.5) is 0 Å². The van der Waals surface area contributed by atoms with E-state index in [2.05, 4.69) is 11.9 Å². The largest absolute Gasteiger partial charge is 0.325 e. The van der Waals surface area contributed by atoms with Crippen molar-refractivity contribution >= 4 is 12.2 Å². The number of H-pyrrole nitrogens is 1. The molecule has 1 heterocycles.